The lowest BCUT2D eigenvalue weighted by Gasteiger charge is -1.98. The summed E-state index contributed by atoms with van der Waals surface area (Å²) in [7, 11) is 0. The number of halogens is 2. The molecular weight excluding hydrogens is 292 g/mol. The van der Waals surface area contributed by atoms with E-state index in [1.807, 2.05) is 0 Å². The first-order chi connectivity index (χ1) is 10.7. The van der Waals surface area contributed by atoms with Crippen LogP contribution in [-0.2, 0) is 0 Å². The van der Waals surface area contributed by atoms with Crippen molar-refractivity contribution >= 4 is 5.65 Å². The van der Waals surface area contributed by atoms with E-state index < -0.39 is 11.6 Å². The van der Waals surface area contributed by atoms with Crippen LogP contribution in [0.1, 0.15) is 0 Å². The Hall–Kier alpha value is -3.16. The van der Waals surface area contributed by atoms with Crippen molar-refractivity contribution in [3.05, 3.63) is 54.5 Å². The summed E-state index contributed by atoms with van der Waals surface area (Å²) >= 11 is 0. The van der Waals surface area contributed by atoms with E-state index >= 15 is 0 Å². The normalized spacial score (nSPS) is 11.2. The molecule has 0 spiro atoms. The average Bonchev–Trinajstić information content (AvgIpc) is 3.15. The fraction of sp³-hybridized carbons (Fsp3) is 0. The summed E-state index contributed by atoms with van der Waals surface area (Å²) in [5.74, 6) is -1.52. The lowest BCUT2D eigenvalue weighted by atomic mass is 10.2. The quantitative estimate of drug-likeness (QED) is 0.569. The molecule has 22 heavy (non-hydrogen) atoms. The minimum Gasteiger partial charge on any atom is -0.333 e. The number of hydrogen-bond donors (Lipinski definition) is 0. The second-order valence-corrected chi connectivity index (χ2v) is 4.53. The lowest BCUT2D eigenvalue weighted by molar-refractivity contribution is 0.426. The van der Waals surface area contributed by atoms with Gasteiger partial charge >= 0.3 is 0 Å². The first-order valence-corrected chi connectivity index (χ1v) is 6.30. The first kappa shape index (κ1) is 12.6. The van der Waals surface area contributed by atoms with E-state index in [4.69, 9.17) is 4.52 Å². The van der Waals surface area contributed by atoms with Gasteiger partial charge in [0.2, 0.25) is 5.82 Å². The van der Waals surface area contributed by atoms with Gasteiger partial charge in [-0.3, -0.25) is 4.40 Å². The Kier molecular flexibility index (Phi) is 2.68. The summed E-state index contributed by atoms with van der Waals surface area (Å²) in [4.78, 5) is 4.05. The highest BCUT2D eigenvalue weighted by Crippen LogP contribution is 2.26. The molecule has 8 heteroatoms. The molecule has 4 aromatic rings. The molecule has 0 aliphatic rings. The van der Waals surface area contributed by atoms with E-state index in [1.54, 1.807) is 22.7 Å². The van der Waals surface area contributed by atoms with Crippen molar-refractivity contribution in [1.29, 1.82) is 0 Å². The van der Waals surface area contributed by atoms with Gasteiger partial charge in [0.15, 0.2) is 5.65 Å². The van der Waals surface area contributed by atoms with E-state index in [2.05, 4.69) is 20.3 Å². The summed E-state index contributed by atoms with van der Waals surface area (Å²) in [5, 5.41) is 11.4. The zero-order chi connectivity index (χ0) is 15.1. The molecule has 0 saturated carbocycles. The molecule has 0 amide bonds. The van der Waals surface area contributed by atoms with Gasteiger partial charge in [-0.15, -0.1) is 10.2 Å². The zero-order valence-corrected chi connectivity index (χ0v) is 10.9. The van der Waals surface area contributed by atoms with Gasteiger partial charge in [0.1, 0.15) is 23.5 Å². The second-order valence-electron chi connectivity index (χ2n) is 4.53. The van der Waals surface area contributed by atoms with Gasteiger partial charge in [0, 0.05) is 11.8 Å². The van der Waals surface area contributed by atoms with Gasteiger partial charge in [-0.05, 0) is 24.3 Å². The molecule has 0 radical (unpaired) electrons. The minimum atomic E-state index is -0.760. The Balaban J connectivity index is 1.81. The van der Waals surface area contributed by atoms with Crippen LogP contribution in [0.5, 0.6) is 0 Å². The Bertz CT molecular complexity index is 958. The van der Waals surface area contributed by atoms with Crippen molar-refractivity contribution in [3.8, 4) is 22.8 Å². The highest BCUT2D eigenvalue weighted by atomic mass is 19.1. The van der Waals surface area contributed by atoms with Crippen LogP contribution >= 0.6 is 0 Å². The molecule has 0 saturated heterocycles. The van der Waals surface area contributed by atoms with Gasteiger partial charge in [-0.2, -0.15) is 4.98 Å². The van der Waals surface area contributed by atoms with Crippen LogP contribution in [0, 0.1) is 11.6 Å². The van der Waals surface area contributed by atoms with Crippen LogP contribution in [0.15, 0.2) is 47.4 Å². The molecule has 4 rings (SSSR count). The summed E-state index contributed by atoms with van der Waals surface area (Å²) in [6.07, 6.45) is 3.22. The number of benzene rings is 1. The maximum atomic E-state index is 13.7. The first-order valence-electron chi connectivity index (χ1n) is 6.30. The predicted molar refractivity (Wildman–Crippen MR) is 71.6 cm³/mol. The Labute approximate surface area is 122 Å². The maximum Gasteiger partial charge on any atom is 0.264 e. The molecule has 1 aromatic carbocycles. The van der Waals surface area contributed by atoms with Gasteiger partial charge < -0.3 is 4.52 Å². The summed E-state index contributed by atoms with van der Waals surface area (Å²) in [6, 6.07) is 6.97. The van der Waals surface area contributed by atoms with E-state index in [9.17, 15) is 8.78 Å². The Morgan fingerprint density at radius 2 is 1.86 bits per heavy atom. The van der Waals surface area contributed by atoms with E-state index in [-0.39, 0.29) is 17.3 Å². The second kappa shape index (κ2) is 4.69. The SMILES string of the molecule is Fc1cccc(F)c1-c1nc(-c2ccc3nncn3c2)no1. The molecule has 0 fully saturated rings. The summed E-state index contributed by atoms with van der Waals surface area (Å²) < 4.78 is 34.1. The largest absolute Gasteiger partial charge is 0.333 e. The number of aromatic nitrogens is 5. The van der Waals surface area contributed by atoms with E-state index in [0.29, 0.717) is 11.2 Å². The third-order valence-corrected chi connectivity index (χ3v) is 3.15. The van der Waals surface area contributed by atoms with Crippen molar-refractivity contribution < 1.29 is 13.3 Å². The van der Waals surface area contributed by atoms with E-state index in [0.717, 1.165) is 12.1 Å². The number of nitrogens with zero attached hydrogens (tertiary/aromatic N) is 5. The third kappa shape index (κ3) is 1.93. The van der Waals surface area contributed by atoms with Crippen LogP contribution < -0.4 is 0 Å². The highest BCUT2D eigenvalue weighted by molar-refractivity contribution is 5.61. The number of rotatable bonds is 2. The predicted octanol–water partition coefficient (Wildman–Crippen LogP) is 2.72. The van der Waals surface area contributed by atoms with Gasteiger partial charge in [0.05, 0.1) is 0 Å². The molecule has 0 atom stereocenters. The van der Waals surface area contributed by atoms with Crippen LogP contribution in [0.2, 0.25) is 0 Å². The van der Waals surface area contributed by atoms with Crippen molar-refractivity contribution in [3.63, 3.8) is 0 Å². The molecular formula is C14H7F2N5O. The average molecular weight is 299 g/mol. The topological polar surface area (TPSA) is 69.1 Å². The monoisotopic (exact) mass is 299 g/mol. The lowest BCUT2D eigenvalue weighted by Crippen LogP contribution is -1.90. The summed E-state index contributed by atoms with van der Waals surface area (Å²) in [6.45, 7) is 0. The van der Waals surface area contributed by atoms with Crippen LogP contribution in [-0.4, -0.2) is 24.7 Å². The zero-order valence-electron chi connectivity index (χ0n) is 10.9. The standard InChI is InChI=1S/C14H7F2N5O/c15-9-2-1-3-10(16)12(9)14-18-13(20-22-14)8-4-5-11-19-17-7-21(11)6-8/h1-7H. The van der Waals surface area contributed by atoms with Gasteiger partial charge in [0.25, 0.3) is 5.89 Å². The molecule has 3 heterocycles. The minimum absolute atomic E-state index is 0.213. The molecule has 0 aliphatic carbocycles. The van der Waals surface area contributed by atoms with Crippen LogP contribution in [0.3, 0.4) is 0 Å². The van der Waals surface area contributed by atoms with Crippen molar-refractivity contribution in [2.75, 3.05) is 0 Å². The smallest absolute Gasteiger partial charge is 0.264 e. The molecule has 0 N–H and O–H groups in total. The third-order valence-electron chi connectivity index (χ3n) is 3.15. The Morgan fingerprint density at radius 1 is 1.05 bits per heavy atom. The van der Waals surface area contributed by atoms with E-state index in [1.165, 1.54) is 12.4 Å². The van der Waals surface area contributed by atoms with Gasteiger partial charge in [-0.25, -0.2) is 8.78 Å². The Morgan fingerprint density at radius 3 is 2.68 bits per heavy atom. The summed E-state index contributed by atoms with van der Waals surface area (Å²) in [5.41, 5.74) is 0.929. The van der Waals surface area contributed by atoms with Crippen molar-refractivity contribution in [1.82, 2.24) is 24.7 Å². The molecule has 6 nitrogen and oxygen atoms in total. The van der Waals surface area contributed by atoms with Crippen molar-refractivity contribution in [2.24, 2.45) is 0 Å². The molecule has 108 valence electrons. The molecule has 3 aromatic heterocycles. The highest BCUT2D eigenvalue weighted by Gasteiger charge is 2.18. The van der Waals surface area contributed by atoms with Crippen LogP contribution in [0.25, 0.3) is 28.5 Å². The molecule has 0 unspecified atom stereocenters. The number of pyridine rings is 1. The fourth-order valence-corrected chi connectivity index (χ4v) is 2.10. The number of hydrogen-bond acceptors (Lipinski definition) is 5. The van der Waals surface area contributed by atoms with Crippen molar-refractivity contribution in [2.45, 2.75) is 0 Å². The molecule has 0 bridgehead atoms. The van der Waals surface area contributed by atoms with Gasteiger partial charge in [-0.1, -0.05) is 11.2 Å². The van der Waals surface area contributed by atoms with Crippen LogP contribution in [0.4, 0.5) is 8.78 Å². The fourth-order valence-electron chi connectivity index (χ4n) is 2.10. The maximum absolute atomic E-state index is 13.7. The molecule has 0 aliphatic heterocycles. The number of fused-ring (bicyclic) bond motifs is 1.